The third-order valence-electron chi connectivity index (χ3n) is 3.36. The molecule has 4 heteroatoms. The first-order valence-electron chi connectivity index (χ1n) is 7.09. The van der Waals surface area contributed by atoms with Crippen LogP contribution in [0.3, 0.4) is 0 Å². The summed E-state index contributed by atoms with van der Waals surface area (Å²) in [5, 5.41) is 2.89. The molecular weight excluding hydrogens is 357 g/mol. The van der Waals surface area contributed by atoms with Gasteiger partial charge in [0, 0.05) is 0 Å². The number of hydrogen-bond donors (Lipinski definition) is 1. The molecule has 1 aromatic carbocycles. The number of benzene rings is 1. The Kier molecular flexibility index (Phi) is 5.53. The van der Waals surface area contributed by atoms with E-state index in [1.54, 1.807) is 0 Å². The molecule has 112 valence electrons. The third-order valence-corrected chi connectivity index (χ3v) is 11.7. The molecule has 0 aromatic heterocycles. The first kappa shape index (κ1) is 17.3. The summed E-state index contributed by atoms with van der Waals surface area (Å²) in [6.45, 7) is 7.87. The third kappa shape index (κ3) is 5.35. The van der Waals surface area contributed by atoms with Gasteiger partial charge in [0.15, 0.2) is 0 Å². The summed E-state index contributed by atoms with van der Waals surface area (Å²) in [5.41, 5.74) is 1.62. The average Bonchev–Trinajstić information content (AvgIpc) is 2.24. The predicted octanol–water partition coefficient (Wildman–Crippen LogP) is 5.01. The van der Waals surface area contributed by atoms with Crippen molar-refractivity contribution >= 4 is 30.2 Å². The number of rotatable bonds is 3. The van der Waals surface area contributed by atoms with Crippen LogP contribution in [-0.4, -0.2) is 30.1 Å². The maximum absolute atomic E-state index is 11.9. The van der Waals surface area contributed by atoms with Crippen molar-refractivity contribution in [3.05, 3.63) is 29.8 Å². The number of carbonyl (C=O) groups is 1. The Morgan fingerprint density at radius 1 is 1.20 bits per heavy atom. The van der Waals surface area contributed by atoms with Crippen molar-refractivity contribution in [3.63, 3.8) is 0 Å². The Balaban J connectivity index is 2.95. The summed E-state index contributed by atoms with van der Waals surface area (Å²) < 4.78 is 5.87. The van der Waals surface area contributed by atoms with E-state index >= 15 is 0 Å². The van der Waals surface area contributed by atoms with Crippen LogP contribution >= 0.6 is 0 Å². The van der Waals surface area contributed by atoms with E-state index in [0.717, 1.165) is 5.69 Å². The Labute approximate surface area is 127 Å². The molecular formula is C16H27NO2Sn. The second kappa shape index (κ2) is 6.37. The van der Waals surface area contributed by atoms with Crippen LogP contribution in [0.1, 0.15) is 37.2 Å². The van der Waals surface area contributed by atoms with Gasteiger partial charge in [-0.3, -0.25) is 0 Å². The molecule has 0 heterocycles. The molecule has 0 saturated heterocycles. The van der Waals surface area contributed by atoms with Crippen molar-refractivity contribution in [1.29, 1.82) is 0 Å². The van der Waals surface area contributed by atoms with Crippen molar-refractivity contribution < 1.29 is 9.53 Å². The van der Waals surface area contributed by atoms with E-state index in [-0.39, 0.29) is 6.09 Å². The number of ether oxygens (including phenoxy) is 1. The van der Waals surface area contributed by atoms with Crippen LogP contribution in [0.2, 0.25) is 14.8 Å². The molecule has 1 atom stereocenters. The van der Waals surface area contributed by atoms with Gasteiger partial charge in [0.25, 0.3) is 0 Å². The quantitative estimate of drug-likeness (QED) is 0.744. The summed E-state index contributed by atoms with van der Waals surface area (Å²) in [5.74, 6) is 0. The van der Waals surface area contributed by atoms with E-state index in [9.17, 15) is 4.79 Å². The van der Waals surface area contributed by atoms with E-state index < -0.39 is 24.0 Å². The molecule has 0 fully saturated rings. The van der Waals surface area contributed by atoms with Gasteiger partial charge in [-0.15, -0.1) is 0 Å². The van der Waals surface area contributed by atoms with Gasteiger partial charge < -0.3 is 0 Å². The number of para-hydroxylation sites is 1. The van der Waals surface area contributed by atoms with Crippen LogP contribution < -0.4 is 5.32 Å². The normalized spacial score (nSPS) is 13.8. The number of nitrogens with one attached hydrogen (secondary N) is 1. The van der Waals surface area contributed by atoms with Crippen molar-refractivity contribution in [1.82, 2.24) is 0 Å². The molecule has 3 nitrogen and oxygen atoms in total. The molecule has 1 rings (SSSR count). The van der Waals surface area contributed by atoms with Crippen molar-refractivity contribution in [2.24, 2.45) is 0 Å². The monoisotopic (exact) mass is 385 g/mol. The molecule has 1 N–H and O–H groups in total. The van der Waals surface area contributed by atoms with E-state index in [4.69, 9.17) is 4.74 Å². The van der Waals surface area contributed by atoms with Gasteiger partial charge in [0.1, 0.15) is 0 Å². The van der Waals surface area contributed by atoms with Crippen LogP contribution in [0.5, 0.6) is 0 Å². The summed E-state index contributed by atoms with van der Waals surface area (Å²) in [6, 6.07) is 8.04. The molecule has 1 unspecified atom stereocenters. The van der Waals surface area contributed by atoms with Crippen LogP contribution in [0.25, 0.3) is 0 Å². The molecule has 0 aliphatic rings. The Morgan fingerprint density at radius 2 is 1.75 bits per heavy atom. The minimum absolute atomic E-state index is 0.388. The Bertz CT molecular complexity index is 472. The zero-order valence-electron chi connectivity index (χ0n) is 13.7. The van der Waals surface area contributed by atoms with E-state index in [2.05, 4.69) is 33.1 Å². The topological polar surface area (TPSA) is 38.3 Å². The summed E-state index contributed by atoms with van der Waals surface area (Å²) in [4.78, 5) is 19.2. The fourth-order valence-electron chi connectivity index (χ4n) is 1.87. The predicted molar refractivity (Wildman–Crippen MR) is 88.1 cm³/mol. The Morgan fingerprint density at radius 3 is 2.25 bits per heavy atom. The standard InChI is InChI=1S/C13H18NO2.3CH3.Sn/c1-5-10-8-6-7-9-11(10)14-12(15)16-13(2,3)4;;;;/h5-9H,1-4H3,(H,14,15);3*1H3;. The second-order valence-corrected chi connectivity index (χ2v) is 23.3. The molecule has 0 aliphatic carbocycles. The van der Waals surface area contributed by atoms with Gasteiger partial charge in [-0.25, -0.2) is 0 Å². The van der Waals surface area contributed by atoms with Crippen LogP contribution in [0.15, 0.2) is 24.3 Å². The second-order valence-electron chi connectivity index (χ2n) is 7.30. The molecule has 0 aliphatic heterocycles. The van der Waals surface area contributed by atoms with E-state index in [1.807, 2.05) is 39.0 Å². The molecule has 0 spiro atoms. The number of hydrogen-bond acceptors (Lipinski definition) is 2. The van der Waals surface area contributed by atoms with Crippen LogP contribution in [-0.2, 0) is 4.74 Å². The Hall–Kier alpha value is -0.711. The molecule has 0 radical (unpaired) electrons. The van der Waals surface area contributed by atoms with E-state index in [0.29, 0.717) is 3.93 Å². The van der Waals surface area contributed by atoms with Gasteiger partial charge in [-0.05, 0) is 0 Å². The average molecular weight is 384 g/mol. The van der Waals surface area contributed by atoms with Gasteiger partial charge in [0.2, 0.25) is 0 Å². The van der Waals surface area contributed by atoms with Crippen molar-refractivity contribution in [2.45, 2.75) is 52.0 Å². The van der Waals surface area contributed by atoms with E-state index in [1.165, 1.54) is 5.56 Å². The van der Waals surface area contributed by atoms with Crippen LogP contribution in [0, 0.1) is 0 Å². The minimum atomic E-state index is -2.07. The first-order valence-corrected chi connectivity index (χ1v) is 17.3. The fourth-order valence-corrected chi connectivity index (χ4v) is 5.25. The number of amides is 1. The molecule has 0 bridgehead atoms. The van der Waals surface area contributed by atoms with Gasteiger partial charge in [0.05, 0.1) is 0 Å². The van der Waals surface area contributed by atoms with Gasteiger partial charge in [-0.1, -0.05) is 0 Å². The SMILES string of the molecule is C[CH](c1ccccc1NC(=O)OC(C)(C)C)[Sn]([CH3])([CH3])[CH3]. The molecule has 20 heavy (non-hydrogen) atoms. The van der Waals surface area contributed by atoms with Gasteiger partial charge in [-0.2, -0.15) is 0 Å². The summed E-state index contributed by atoms with van der Waals surface area (Å²) in [6.07, 6.45) is -0.388. The molecule has 1 aromatic rings. The number of carbonyl (C=O) groups excluding carboxylic acids is 1. The molecule has 0 saturated carbocycles. The fraction of sp³-hybridized carbons (Fsp3) is 0.562. The number of anilines is 1. The van der Waals surface area contributed by atoms with Crippen molar-refractivity contribution in [3.8, 4) is 0 Å². The zero-order valence-corrected chi connectivity index (χ0v) is 16.6. The zero-order chi connectivity index (χ0) is 15.6. The molecule has 1 amide bonds. The van der Waals surface area contributed by atoms with Crippen LogP contribution in [0.4, 0.5) is 10.5 Å². The van der Waals surface area contributed by atoms with Crippen molar-refractivity contribution in [2.75, 3.05) is 5.32 Å². The first-order chi connectivity index (χ1) is 9.00. The maximum atomic E-state index is 11.9. The summed E-state index contributed by atoms with van der Waals surface area (Å²) >= 11 is -2.07. The summed E-state index contributed by atoms with van der Waals surface area (Å²) in [7, 11) is 0. The van der Waals surface area contributed by atoms with Gasteiger partial charge >= 0.3 is 127 Å².